The molecular weight excluding hydrogens is 362 g/mol. The van der Waals surface area contributed by atoms with E-state index in [1.165, 1.54) is 0 Å². The molecule has 1 aromatic carbocycles. The molecule has 2 aliphatic rings. The van der Waals surface area contributed by atoms with E-state index in [4.69, 9.17) is 14.5 Å². The first kappa shape index (κ1) is 18.0. The van der Waals surface area contributed by atoms with E-state index in [1.54, 1.807) is 32.2 Å². The average molecular weight is 385 g/mol. The van der Waals surface area contributed by atoms with Crippen molar-refractivity contribution in [2.45, 2.75) is 31.5 Å². The number of methoxy groups -OCH3 is 2. The summed E-state index contributed by atoms with van der Waals surface area (Å²) in [6, 6.07) is 9.98. The number of ether oxygens (including phenoxy) is 2. The van der Waals surface area contributed by atoms with Crippen LogP contribution in [-0.4, -0.2) is 46.2 Å². The van der Waals surface area contributed by atoms with Gasteiger partial charge in [-0.3, -0.25) is 9.98 Å². The minimum absolute atomic E-state index is 0.0140. The van der Waals surface area contributed by atoms with Gasteiger partial charge in [0.15, 0.2) is 16.7 Å². The molecule has 0 amide bonds. The third kappa shape index (κ3) is 3.00. The Labute approximate surface area is 163 Å². The SMILES string of the molecule is CC[C@H]1CSC2=N[C@@H](c3ccccn3)[C@@H](c3cc(OC)c(O)c(OC)c3)N21. The quantitative estimate of drug-likeness (QED) is 0.845. The minimum atomic E-state index is -0.109. The lowest BCUT2D eigenvalue weighted by molar-refractivity contribution is 0.253. The molecule has 1 N–H and O–H groups in total. The maximum absolute atomic E-state index is 10.3. The van der Waals surface area contributed by atoms with Gasteiger partial charge in [0.05, 0.1) is 26.0 Å². The van der Waals surface area contributed by atoms with Gasteiger partial charge in [0.25, 0.3) is 0 Å². The second-order valence-corrected chi connectivity index (χ2v) is 7.60. The molecule has 1 aromatic heterocycles. The summed E-state index contributed by atoms with van der Waals surface area (Å²) in [5.74, 6) is 1.85. The summed E-state index contributed by atoms with van der Waals surface area (Å²) in [5, 5.41) is 11.4. The van der Waals surface area contributed by atoms with E-state index in [2.05, 4.69) is 16.8 Å². The first-order valence-corrected chi connectivity index (χ1v) is 10.0. The van der Waals surface area contributed by atoms with Crippen LogP contribution < -0.4 is 9.47 Å². The normalized spacial score (nSPS) is 23.9. The number of aromatic nitrogens is 1. The molecule has 3 heterocycles. The van der Waals surface area contributed by atoms with Gasteiger partial charge < -0.3 is 19.5 Å². The van der Waals surface area contributed by atoms with Crippen LogP contribution in [0, 0.1) is 0 Å². The van der Waals surface area contributed by atoms with E-state index < -0.39 is 0 Å². The average Bonchev–Trinajstić information content (AvgIpc) is 3.28. The largest absolute Gasteiger partial charge is 0.502 e. The minimum Gasteiger partial charge on any atom is -0.502 e. The van der Waals surface area contributed by atoms with Crippen molar-refractivity contribution in [1.82, 2.24) is 9.88 Å². The number of aliphatic imine (C=N–C) groups is 1. The van der Waals surface area contributed by atoms with Gasteiger partial charge >= 0.3 is 0 Å². The van der Waals surface area contributed by atoms with E-state index in [9.17, 15) is 5.11 Å². The van der Waals surface area contributed by atoms with Crippen LogP contribution in [0.15, 0.2) is 41.5 Å². The van der Waals surface area contributed by atoms with E-state index in [0.717, 1.165) is 28.6 Å². The summed E-state index contributed by atoms with van der Waals surface area (Å²) in [6.07, 6.45) is 2.85. The number of thioether (sulfide) groups is 1. The van der Waals surface area contributed by atoms with Gasteiger partial charge in [0.2, 0.25) is 5.75 Å². The molecule has 4 rings (SSSR count). The first-order valence-electron chi connectivity index (χ1n) is 9.02. The van der Waals surface area contributed by atoms with Crippen molar-refractivity contribution in [1.29, 1.82) is 0 Å². The third-order valence-corrected chi connectivity index (χ3v) is 6.30. The molecule has 0 bridgehead atoms. The van der Waals surface area contributed by atoms with Gasteiger partial charge in [-0.1, -0.05) is 24.8 Å². The smallest absolute Gasteiger partial charge is 0.200 e. The van der Waals surface area contributed by atoms with E-state index in [0.29, 0.717) is 17.5 Å². The number of fused-ring (bicyclic) bond motifs is 1. The Morgan fingerprint density at radius 3 is 2.56 bits per heavy atom. The Bertz CT molecular complexity index is 834. The highest BCUT2D eigenvalue weighted by Gasteiger charge is 2.45. The number of hydrogen-bond acceptors (Lipinski definition) is 7. The highest BCUT2D eigenvalue weighted by Crippen LogP contribution is 2.50. The van der Waals surface area contributed by atoms with Crippen LogP contribution in [0.2, 0.25) is 0 Å². The Balaban J connectivity index is 1.84. The van der Waals surface area contributed by atoms with Crippen molar-refractivity contribution in [2.75, 3.05) is 20.0 Å². The fourth-order valence-electron chi connectivity index (χ4n) is 3.79. The van der Waals surface area contributed by atoms with Gasteiger partial charge in [0, 0.05) is 18.0 Å². The highest BCUT2D eigenvalue weighted by atomic mass is 32.2. The van der Waals surface area contributed by atoms with Crippen molar-refractivity contribution in [2.24, 2.45) is 4.99 Å². The molecule has 0 aliphatic carbocycles. The molecule has 1 saturated heterocycles. The molecule has 27 heavy (non-hydrogen) atoms. The number of benzene rings is 1. The number of nitrogens with zero attached hydrogens (tertiary/aromatic N) is 3. The topological polar surface area (TPSA) is 67.2 Å². The van der Waals surface area contributed by atoms with Crippen LogP contribution in [0.5, 0.6) is 17.2 Å². The summed E-state index contributed by atoms with van der Waals surface area (Å²) in [7, 11) is 3.09. The van der Waals surface area contributed by atoms with Gasteiger partial charge in [-0.25, -0.2) is 0 Å². The summed E-state index contributed by atoms with van der Waals surface area (Å²) >= 11 is 1.80. The first-order chi connectivity index (χ1) is 13.2. The molecule has 2 aromatic rings. The van der Waals surface area contributed by atoms with Crippen LogP contribution >= 0.6 is 11.8 Å². The van der Waals surface area contributed by atoms with Crippen LogP contribution in [0.3, 0.4) is 0 Å². The molecule has 142 valence electrons. The second kappa shape index (κ2) is 7.31. The van der Waals surface area contributed by atoms with Crippen LogP contribution in [0.1, 0.15) is 36.7 Å². The number of hydrogen-bond donors (Lipinski definition) is 1. The van der Waals surface area contributed by atoms with Crippen molar-refractivity contribution in [3.05, 3.63) is 47.8 Å². The monoisotopic (exact) mass is 385 g/mol. The summed E-state index contributed by atoms with van der Waals surface area (Å²) in [6.45, 7) is 2.21. The van der Waals surface area contributed by atoms with Gasteiger partial charge in [0.1, 0.15) is 6.04 Å². The lowest BCUT2D eigenvalue weighted by Crippen LogP contribution is -2.35. The number of pyridine rings is 1. The fraction of sp³-hybridized carbons (Fsp3) is 0.400. The van der Waals surface area contributed by atoms with E-state index in [1.807, 2.05) is 30.3 Å². The molecule has 0 spiro atoms. The lowest BCUT2D eigenvalue weighted by atomic mass is 9.94. The highest BCUT2D eigenvalue weighted by molar-refractivity contribution is 8.14. The number of amidine groups is 1. The lowest BCUT2D eigenvalue weighted by Gasteiger charge is -2.32. The molecular formula is C20H23N3O3S. The number of phenolic OH excluding ortho intramolecular Hbond substituents is 1. The van der Waals surface area contributed by atoms with Gasteiger partial charge in [-0.15, -0.1) is 0 Å². The van der Waals surface area contributed by atoms with E-state index >= 15 is 0 Å². The molecule has 3 atom stereocenters. The van der Waals surface area contributed by atoms with E-state index in [-0.39, 0.29) is 17.8 Å². The van der Waals surface area contributed by atoms with Gasteiger partial charge in [-0.05, 0) is 36.2 Å². The maximum atomic E-state index is 10.3. The van der Waals surface area contributed by atoms with Crippen LogP contribution in [0.4, 0.5) is 0 Å². The summed E-state index contributed by atoms with van der Waals surface area (Å²) in [5.41, 5.74) is 1.93. The molecule has 0 radical (unpaired) electrons. The maximum Gasteiger partial charge on any atom is 0.200 e. The third-order valence-electron chi connectivity index (χ3n) is 5.17. The fourth-order valence-corrected chi connectivity index (χ4v) is 5.13. The molecule has 0 saturated carbocycles. The Kier molecular flexibility index (Phi) is 4.86. The van der Waals surface area contributed by atoms with Crippen molar-refractivity contribution < 1.29 is 14.6 Å². The van der Waals surface area contributed by atoms with Crippen molar-refractivity contribution >= 4 is 16.9 Å². The molecule has 6 nitrogen and oxygen atoms in total. The predicted molar refractivity (Wildman–Crippen MR) is 107 cm³/mol. The second-order valence-electron chi connectivity index (χ2n) is 6.61. The zero-order valence-corrected chi connectivity index (χ0v) is 16.4. The van der Waals surface area contributed by atoms with Crippen molar-refractivity contribution in [3.63, 3.8) is 0 Å². The van der Waals surface area contributed by atoms with Crippen LogP contribution in [-0.2, 0) is 0 Å². The molecule has 0 unspecified atom stereocenters. The zero-order valence-electron chi connectivity index (χ0n) is 15.6. The Hall–Kier alpha value is -2.41. The Morgan fingerprint density at radius 1 is 1.22 bits per heavy atom. The summed E-state index contributed by atoms with van der Waals surface area (Å²) < 4.78 is 10.8. The molecule has 2 aliphatic heterocycles. The predicted octanol–water partition coefficient (Wildman–Crippen LogP) is 3.78. The number of phenols is 1. The van der Waals surface area contributed by atoms with Crippen LogP contribution in [0.25, 0.3) is 0 Å². The van der Waals surface area contributed by atoms with Gasteiger partial charge in [-0.2, -0.15) is 0 Å². The Morgan fingerprint density at radius 2 is 1.96 bits per heavy atom. The number of rotatable bonds is 5. The standard InChI is InChI=1S/C20H23N3O3S/c1-4-13-11-27-20-22-17(14-7-5-6-8-21-14)18(23(13)20)12-9-15(25-2)19(24)16(10-12)26-3/h5-10,13,17-18,24H,4,11H2,1-3H3/t13-,17-,18+/m0/s1. The summed E-state index contributed by atoms with van der Waals surface area (Å²) in [4.78, 5) is 12.0. The molecule has 7 heteroatoms. The number of aromatic hydroxyl groups is 1. The molecule has 1 fully saturated rings. The van der Waals surface area contributed by atoms with Crippen molar-refractivity contribution in [3.8, 4) is 17.2 Å². The zero-order chi connectivity index (χ0) is 19.0.